The van der Waals surface area contributed by atoms with E-state index in [0.29, 0.717) is 0 Å². The molecule has 0 radical (unpaired) electrons. The number of benzene rings is 1. The molecule has 3 nitrogen and oxygen atoms in total. The van der Waals surface area contributed by atoms with Crippen LogP contribution in [-0.2, 0) is 11.2 Å². The summed E-state index contributed by atoms with van der Waals surface area (Å²) >= 11 is 0. The summed E-state index contributed by atoms with van der Waals surface area (Å²) in [5.41, 5.74) is 1.22. The first kappa shape index (κ1) is 10.2. The SMILES string of the molecule is O=C(O)[C@H]1NCCC1Cc1ccccc1. The summed E-state index contributed by atoms with van der Waals surface area (Å²) in [5.74, 6) is -0.502. The van der Waals surface area contributed by atoms with E-state index in [1.165, 1.54) is 5.56 Å². The second-order valence-corrected chi connectivity index (χ2v) is 4.01. The summed E-state index contributed by atoms with van der Waals surface area (Å²) < 4.78 is 0. The van der Waals surface area contributed by atoms with E-state index in [0.717, 1.165) is 19.4 Å². The monoisotopic (exact) mass is 205 g/mol. The second kappa shape index (κ2) is 4.45. The molecule has 2 N–H and O–H groups in total. The molecule has 3 heteroatoms. The third-order valence-electron chi connectivity index (χ3n) is 2.96. The van der Waals surface area contributed by atoms with Crippen LogP contribution in [-0.4, -0.2) is 23.7 Å². The van der Waals surface area contributed by atoms with Crippen molar-refractivity contribution in [3.8, 4) is 0 Å². The molecule has 1 aliphatic rings. The lowest BCUT2D eigenvalue weighted by Gasteiger charge is -2.15. The first-order chi connectivity index (χ1) is 7.27. The summed E-state index contributed by atoms with van der Waals surface area (Å²) in [4.78, 5) is 10.9. The zero-order chi connectivity index (χ0) is 10.7. The lowest BCUT2D eigenvalue weighted by Crippen LogP contribution is -2.36. The Labute approximate surface area is 89.1 Å². The molecule has 1 aromatic rings. The van der Waals surface area contributed by atoms with Crippen LogP contribution in [0, 0.1) is 5.92 Å². The molecule has 1 heterocycles. The Kier molecular flexibility index (Phi) is 3.02. The van der Waals surface area contributed by atoms with E-state index in [1.54, 1.807) is 0 Å². The van der Waals surface area contributed by atoms with Gasteiger partial charge in [0.05, 0.1) is 0 Å². The highest BCUT2D eigenvalue weighted by molar-refractivity contribution is 5.74. The summed E-state index contributed by atoms with van der Waals surface area (Å²) in [6.07, 6.45) is 1.80. The van der Waals surface area contributed by atoms with Crippen LogP contribution in [0.25, 0.3) is 0 Å². The molecule has 2 atom stereocenters. The van der Waals surface area contributed by atoms with Crippen LogP contribution in [0.15, 0.2) is 30.3 Å². The minimum absolute atomic E-state index is 0.227. The summed E-state index contributed by atoms with van der Waals surface area (Å²) in [5, 5.41) is 12.0. The largest absolute Gasteiger partial charge is 0.480 e. The van der Waals surface area contributed by atoms with Crippen molar-refractivity contribution in [1.82, 2.24) is 5.32 Å². The van der Waals surface area contributed by atoms with Crippen molar-refractivity contribution in [1.29, 1.82) is 0 Å². The van der Waals surface area contributed by atoms with Crippen molar-refractivity contribution < 1.29 is 9.90 Å². The number of carbonyl (C=O) groups is 1. The molecule has 0 saturated carbocycles. The molecular formula is C12H15NO2. The first-order valence-corrected chi connectivity index (χ1v) is 5.27. The van der Waals surface area contributed by atoms with Crippen LogP contribution < -0.4 is 5.32 Å². The number of aliphatic carboxylic acids is 1. The third-order valence-corrected chi connectivity index (χ3v) is 2.96. The first-order valence-electron chi connectivity index (χ1n) is 5.27. The average molecular weight is 205 g/mol. The fourth-order valence-corrected chi connectivity index (χ4v) is 2.18. The number of nitrogens with one attached hydrogen (secondary N) is 1. The standard InChI is InChI=1S/C12H15NO2/c14-12(15)11-10(6-7-13-11)8-9-4-2-1-3-5-9/h1-5,10-11,13H,6-8H2,(H,14,15)/t10?,11-/m0/s1. The summed E-state index contributed by atoms with van der Waals surface area (Å²) in [6.45, 7) is 0.814. The van der Waals surface area contributed by atoms with Gasteiger partial charge in [-0.15, -0.1) is 0 Å². The lowest BCUT2D eigenvalue weighted by molar-refractivity contribution is -0.140. The third kappa shape index (κ3) is 2.36. The van der Waals surface area contributed by atoms with Crippen LogP contribution in [0.5, 0.6) is 0 Å². The second-order valence-electron chi connectivity index (χ2n) is 4.01. The van der Waals surface area contributed by atoms with Crippen molar-refractivity contribution >= 4 is 5.97 Å². The van der Waals surface area contributed by atoms with E-state index in [2.05, 4.69) is 17.4 Å². The van der Waals surface area contributed by atoms with Gasteiger partial charge in [0, 0.05) is 0 Å². The topological polar surface area (TPSA) is 49.3 Å². The van der Waals surface area contributed by atoms with Crippen molar-refractivity contribution in [3.63, 3.8) is 0 Å². The molecule has 0 bridgehead atoms. The highest BCUT2D eigenvalue weighted by Gasteiger charge is 2.32. The van der Waals surface area contributed by atoms with E-state index in [4.69, 9.17) is 5.11 Å². The normalized spacial score (nSPS) is 25.3. The maximum atomic E-state index is 10.9. The van der Waals surface area contributed by atoms with Crippen molar-refractivity contribution in [3.05, 3.63) is 35.9 Å². The molecule has 0 spiro atoms. The maximum Gasteiger partial charge on any atom is 0.320 e. The molecule has 0 amide bonds. The van der Waals surface area contributed by atoms with E-state index in [-0.39, 0.29) is 12.0 Å². The Balaban J connectivity index is 2.03. The van der Waals surface area contributed by atoms with E-state index in [9.17, 15) is 4.79 Å². The van der Waals surface area contributed by atoms with Gasteiger partial charge < -0.3 is 10.4 Å². The predicted octanol–water partition coefficient (Wildman–Crippen LogP) is 1.29. The molecule has 0 aromatic heterocycles. The molecule has 1 unspecified atom stereocenters. The Morgan fingerprint density at radius 1 is 1.40 bits per heavy atom. The summed E-state index contributed by atoms with van der Waals surface area (Å²) in [7, 11) is 0. The van der Waals surface area contributed by atoms with Gasteiger partial charge in [-0.05, 0) is 30.9 Å². The predicted molar refractivity (Wildman–Crippen MR) is 57.7 cm³/mol. The van der Waals surface area contributed by atoms with Crippen molar-refractivity contribution in [2.75, 3.05) is 6.54 Å². The Morgan fingerprint density at radius 2 is 2.13 bits per heavy atom. The average Bonchev–Trinajstić information content (AvgIpc) is 2.67. The van der Waals surface area contributed by atoms with Crippen LogP contribution in [0.3, 0.4) is 0 Å². The highest BCUT2D eigenvalue weighted by Crippen LogP contribution is 2.20. The fraction of sp³-hybridized carbons (Fsp3) is 0.417. The van der Waals surface area contributed by atoms with Gasteiger partial charge in [-0.2, -0.15) is 0 Å². The van der Waals surface area contributed by atoms with Gasteiger partial charge >= 0.3 is 5.97 Å². The molecule has 1 saturated heterocycles. The van der Waals surface area contributed by atoms with E-state index >= 15 is 0 Å². The minimum atomic E-state index is -0.728. The van der Waals surface area contributed by atoms with Gasteiger partial charge in [-0.1, -0.05) is 30.3 Å². The lowest BCUT2D eigenvalue weighted by atomic mass is 9.93. The Morgan fingerprint density at radius 3 is 2.80 bits per heavy atom. The molecule has 0 aliphatic carbocycles. The van der Waals surface area contributed by atoms with Gasteiger partial charge in [0.25, 0.3) is 0 Å². The number of carboxylic acid groups (broad SMARTS) is 1. The molecule has 1 aromatic carbocycles. The van der Waals surface area contributed by atoms with Crippen LogP contribution in [0.1, 0.15) is 12.0 Å². The number of hydrogen-bond acceptors (Lipinski definition) is 2. The summed E-state index contributed by atoms with van der Waals surface area (Å²) in [6, 6.07) is 9.70. The van der Waals surface area contributed by atoms with Gasteiger partial charge in [-0.3, -0.25) is 4.79 Å². The molecule has 15 heavy (non-hydrogen) atoms. The Hall–Kier alpha value is -1.35. The fourth-order valence-electron chi connectivity index (χ4n) is 2.18. The van der Waals surface area contributed by atoms with Gasteiger partial charge in [-0.25, -0.2) is 0 Å². The highest BCUT2D eigenvalue weighted by atomic mass is 16.4. The zero-order valence-electron chi connectivity index (χ0n) is 8.52. The molecule has 1 aliphatic heterocycles. The van der Waals surface area contributed by atoms with Crippen molar-refractivity contribution in [2.24, 2.45) is 5.92 Å². The van der Waals surface area contributed by atoms with E-state index in [1.807, 2.05) is 18.2 Å². The maximum absolute atomic E-state index is 10.9. The molecular weight excluding hydrogens is 190 g/mol. The molecule has 1 fully saturated rings. The molecule has 80 valence electrons. The quantitative estimate of drug-likeness (QED) is 0.781. The van der Waals surface area contributed by atoms with Crippen LogP contribution in [0.4, 0.5) is 0 Å². The van der Waals surface area contributed by atoms with E-state index < -0.39 is 5.97 Å². The Bertz CT molecular complexity index is 337. The number of rotatable bonds is 3. The van der Waals surface area contributed by atoms with Crippen LogP contribution >= 0.6 is 0 Å². The number of hydrogen-bond donors (Lipinski definition) is 2. The minimum Gasteiger partial charge on any atom is -0.480 e. The number of carboxylic acids is 1. The van der Waals surface area contributed by atoms with Gasteiger partial charge in [0.1, 0.15) is 6.04 Å². The smallest absolute Gasteiger partial charge is 0.320 e. The van der Waals surface area contributed by atoms with Crippen LogP contribution in [0.2, 0.25) is 0 Å². The van der Waals surface area contributed by atoms with Gasteiger partial charge in [0.15, 0.2) is 0 Å². The zero-order valence-corrected chi connectivity index (χ0v) is 8.52. The molecule has 2 rings (SSSR count). The van der Waals surface area contributed by atoms with Crippen molar-refractivity contribution in [2.45, 2.75) is 18.9 Å². The van der Waals surface area contributed by atoms with Gasteiger partial charge in [0.2, 0.25) is 0 Å².